The van der Waals surface area contributed by atoms with Crippen LogP contribution in [0.2, 0.25) is 0 Å². The van der Waals surface area contributed by atoms with Gasteiger partial charge in [0.15, 0.2) is 0 Å². The molecule has 1 aromatic carbocycles. The van der Waals surface area contributed by atoms with Gasteiger partial charge in [-0.3, -0.25) is 14.9 Å². The van der Waals surface area contributed by atoms with Crippen molar-refractivity contribution in [2.45, 2.75) is 30.7 Å². The van der Waals surface area contributed by atoms with Gasteiger partial charge in [-0.1, -0.05) is 24.3 Å². The Morgan fingerprint density at radius 1 is 0.970 bits per heavy atom. The predicted octanol–water partition coefficient (Wildman–Crippen LogP) is 4.74. The lowest BCUT2D eigenvalue weighted by Gasteiger charge is -2.46. The Labute approximate surface area is 190 Å². The van der Waals surface area contributed by atoms with Gasteiger partial charge < -0.3 is 9.84 Å². The fourth-order valence-electron chi connectivity index (χ4n) is 4.67. The molecular formula is C25H26F3N3O2. The van der Waals surface area contributed by atoms with Crippen molar-refractivity contribution in [2.24, 2.45) is 5.92 Å². The molecule has 0 bridgehead atoms. The highest BCUT2D eigenvalue weighted by Gasteiger charge is 2.48. The maximum absolute atomic E-state index is 13.4. The van der Waals surface area contributed by atoms with E-state index < -0.39 is 23.7 Å². The van der Waals surface area contributed by atoms with E-state index in [9.17, 15) is 18.3 Å². The molecule has 0 aliphatic carbocycles. The van der Waals surface area contributed by atoms with Crippen molar-refractivity contribution in [3.63, 3.8) is 0 Å². The van der Waals surface area contributed by atoms with Crippen LogP contribution in [0, 0.1) is 5.92 Å². The van der Waals surface area contributed by atoms with E-state index in [1.54, 1.807) is 62.2 Å². The van der Waals surface area contributed by atoms with Crippen LogP contribution in [0.1, 0.15) is 35.6 Å². The monoisotopic (exact) mass is 457 g/mol. The van der Waals surface area contributed by atoms with Crippen LogP contribution < -0.4 is 4.74 Å². The van der Waals surface area contributed by atoms with Crippen molar-refractivity contribution >= 4 is 0 Å². The number of rotatable bonds is 6. The van der Waals surface area contributed by atoms with Gasteiger partial charge >= 0.3 is 6.18 Å². The lowest BCUT2D eigenvalue weighted by atomic mass is 9.76. The van der Waals surface area contributed by atoms with Crippen LogP contribution in [0.15, 0.2) is 73.3 Å². The summed E-state index contributed by atoms with van der Waals surface area (Å²) in [6.07, 6.45) is 2.12. The van der Waals surface area contributed by atoms with Gasteiger partial charge in [0, 0.05) is 35.9 Å². The third-order valence-corrected chi connectivity index (χ3v) is 6.37. The summed E-state index contributed by atoms with van der Waals surface area (Å²) in [5.74, 6) is -0.744. The normalized spacial score (nSPS) is 17.0. The molecule has 3 heterocycles. The molecule has 1 aliphatic rings. The average molecular weight is 457 g/mol. The second-order valence-corrected chi connectivity index (χ2v) is 8.28. The molecule has 1 atom stereocenters. The lowest BCUT2D eigenvalue weighted by molar-refractivity contribution is -0.188. The Bertz CT molecular complexity index is 1000. The van der Waals surface area contributed by atoms with Crippen molar-refractivity contribution in [3.05, 3.63) is 90.0 Å². The number of hydrogen-bond acceptors (Lipinski definition) is 5. The number of methoxy groups -OCH3 is 1. The molecule has 0 amide bonds. The molecule has 33 heavy (non-hydrogen) atoms. The van der Waals surface area contributed by atoms with Gasteiger partial charge in [0.2, 0.25) is 0 Å². The maximum Gasteiger partial charge on any atom is 0.391 e. The number of ether oxygens (including phenoxy) is 1. The number of alkyl halides is 3. The molecular weight excluding hydrogens is 431 g/mol. The highest BCUT2D eigenvalue weighted by Crippen LogP contribution is 2.47. The molecule has 1 unspecified atom stereocenters. The minimum atomic E-state index is -4.22. The highest BCUT2D eigenvalue weighted by molar-refractivity contribution is 5.41. The molecule has 0 radical (unpaired) electrons. The van der Waals surface area contributed by atoms with E-state index in [1.807, 2.05) is 23.1 Å². The number of benzene rings is 1. The lowest BCUT2D eigenvalue weighted by Crippen LogP contribution is -2.49. The van der Waals surface area contributed by atoms with E-state index in [0.29, 0.717) is 16.9 Å². The zero-order valence-electron chi connectivity index (χ0n) is 18.2. The predicted molar refractivity (Wildman–Crippen MR) is 118 cm³/mol. The molecule has 1 aliphatic heterocycles. The number of nitrogens with zero attached hydrogens (tertiary/aromatic N) is 3. The van der Waals surface area contributed by atoms with Crippen LogP contribution in [0.25, 0.3) is 0 Å². The van der Waals surface area contributed by atoms with Gasteiger partial charge in [-0.2, -0.15) is 13.2 Å². The van der Waals surface area contributed by atoms with E-state index in [1.165, 1.54) is 0 Å². The SMILES string of the molecule is COc1cccc(C(N2CCC(C(F)(F)F)CC2)C(O)(c2cccnc2)c2cccnc2)c1. The van der Waals surface area contributed by atoms with E-state index in [4.69, 9.17) is 4.74 Å². The summed E-state index contributed by atoms with van der Waals surface area (Å²) in [4.78, 5) is 10.3. The minimum Gasteiger partial charge on any atom is -0.497 e. The Morgan fingerprint density at radius 2 is 1.58 bits per heavy atom. The molecule has 8 heteroatoms. The van der Waals surface area contributed by atoms with E-state index >= 15 is 0 Å². The second-order valence-electron chi connectivity index (χ2n) is 8.28. The molecule has 4 rings (SSSR count). The second kappa shape index (κ2) is 9.49. The number of aliphatic hydroxyl groups is 1. The van der Waals surface area contributed by atoms with Gasteiger partial charge in [-0.05, 0) is 55.8 Å². The first-order chi connectivity index (χ1) is 15.8. The average Bonchev–Trinajstić information content (AvgIpc) is 2.85. The van der Waals surface area contributed by atoms with Crippen LogP contribution in [0.5, 0.6) is 5.75 Å². The van der Waals surface area contributed by atoms with Crippen LogP contribution in [-0.4, -0.2) is 46.4 Å². The number of hydrogen-bond donors (Lipinski definition) is 1. The fraction of sp³-hybridized carbons (Fsp3) is 0.360. The fourth-order valence-corrected chi connectivity index (χ4v) is 4.67. The standard InChI is InChI=1S/C25H26F3N3O2/c1-33-22-8-2-5-18(15-22)23(31-13-9-19(10-14-31)25(26,27)28)24(32,20-6-3-11-29-16-20)21-7-4-12-30-17-21/h2-8,11-12,15-17,19,23,32H,9-10,13-14H2,1H3. The van der Waals surface area contributed by atoms with E-state index in [2.05, 4.69) is 9.97 Å². The van der Waals surface area contributed by atoms with Crippen molar-refractivity contribution < 1.29 is 23.0 Å². The molecule has 1 N–H and O–H groups in total. The minimum absolute atomic E-state index is 0.0277. The van der Waals surface area contributed by atoms with Gasteiger partial charge in [0.25, 0.3) is 0 Å². The Kier molecular flexibility index (Phi) is 6.67. The van der Waals surface area contributed by atoms with Crippen molar-refractivity contribution in [3.8, 4) is 5.75 Å². The van der Waals surface area contributed by atoms with Crippen molar-refractivity contribution in [1.82, 2.24) is 14.9 Å². The first kappa shape index (κ1) is 23.2. The molecule has 5 nitrogen and oxygen atoms in total. The number of piperidine rings is 1. The van der Waals surface area contributed by atoms with Crippen LogP contribution in [0.3, 0.4) is 0 Å². The third kappa shape index (κ3) is 4.72. The highest BCUT2D eigenvalue weighted by atomic mass is 19.4. The number of halogens is 3. The van der Waals surface area contributed by atoms with E-state index in [-0.39, 0.29) is 25.9 Å². The zero-order valence-corrected chi connectivity index (χ0v) is 18.2. The molecule has 0 saturated carbocycles. The topological polar surface area (TPSA) is 58.5 Å². The first-order valence-electron chi connectivity index (χ1n) is 10.8. The van der Waals surface area contributed by atoms with Crippen LogP contribution in [-0.2, 0) is 5.60 Å². The summed E-state index contributed by atoms with van der Waals surface area (Å²) in [5.41, 5.74) is 0.183. The largest absolute Gasteiger partial charge is 0.497 e. The van der Waals surface area contributed by atoms with Crippen LogP contribution >= 0.6 is 0 Å². The van der Waals surface area contributed by atoms with Crippen molar-refractivity contribution in [1.29, 1.82) is 0 Å². The third-order valence-electron chi connectivity index (χ3n) is 6.37. The molecule has 1 saturated heterocycles. The van der Waals surface area contributed by atoms with Crippen LogP contribution in [0.4, 0.5) is 13.2 Å². The molecule has 3 aromatic rings. The molecule has 174 valence electrons. The van der Waals surface area contributed by atoms with Gasteiger partial charge in [-0.15, -0.1) is 0 Å². The van der Waals surface area contributed by atoms with Gasteiger partial charge in [0.1, 0.15) is 11.4 Å². The summed E-state index contributed by atoms with van der Waals surface area (Å²) >= 11 is 0. The van der Waals surface area contributed by atoms with Gasteiger partial charge in [0.05, 0.1) is 19.1 Å². The maximum atomic E-state index is 13.4. The van der Waals surface area contributed by atoms with E-state index in [0.717, 1.165) is 5.56 Å². The molecule has 2 aromatic heterocycles. The Hall–Kier alpha value is -2.97. The smallest absolute Gasteiger partial charge is 0.391 e. The molecule has 1 fully saturated rings. The summed E-state index contributed by atoms with van der Waals surface area (Å²) < 4.78 is 45.5. The first-order valence-corrected chi connectivity index (χ1v) is 10.8. The zero-order chi connectivity index (χ0) is 23.5. The summed E-state index contributed by atoms with van der Waals surface area (Å²) in [6.45, 7) is 0.379. The number of likely N-dealkylation sites (tertiary alicyclic amines) is 1. The number of pyridine rings is 2. The molecule has 0 spiro atoms. The van der Waals surface area contributed by atoms with Gasteiger partial charge in [-0.25, -0.2) is 0 Å². The Balaban J connectivity index is 1.85. The summed E-state index contributed by atoms with van der Waals surface area (Å²) in [7, 11) is 1.55. The summed E-state index contributed by atoms with van der Waals surface area (Å²) in [6, 6.07) is 13.6. The Morgan fingerprint density at radius 3 is 2.06 bits per heavy atom. The quantitative estimate of drug-likeness (QED) is 0.580. The van der Waals surface area contributed by atoms with Crippen molar-refractivity contribution in [2.75, 3.05) is 20.2 Å². The number of aromatic nitrogens is 2. The summed E-state index contributed by atoms with van der Waals surface area (Å²) in [5, 5.41) is 12.4.